The van der Waals surface area contributed by atoms with Gasteiger partial charge in [0.1, 0.15) is 5.78 Å². The van der Waals surface area contributed by atoms with Crippen LogP contribution in [0.2, 0.25) is 0 Å². The topological polar surface area (TPSA) is 68.2 Å². The van der Waals surface area contributed by atoms with Crippen LogP contribution in [0.15, 0.2) is 0 Å². The molecule has 3 aliphatic heterocycles. The van der Waals surface area contributed by atoms with Crippen LogP contribution in [0, 0.1) is 0 Å². The summed E-state index contributed by atoms with van der Waals surface area (Å²) in [6, 6.07) is 0. The molecule has 6 nitrogen and oxygen atoms in total. The second-order valence-electron chi connectivity index (χ2n) is 9.40. The summed E-state index contributed by atoms with van der Waals surface area (Å²) in [6.07, 6.45) is 9.91. The van der Waals surface area contributed by atoms with Gasteiger partial charge in [0.2, 0.25) is 0 Å². The van der Waals surface area contributed by atoms with E-state index in [0.29, 0.717) is 31.8 Å². The molecule has 0 aromatic heterocycles. The quantitative estimate of drug-likeness (QED) is 0.712. The van der Waals surface area contributed by atoms with Gasteiger partial charge in [-0.05, 0) is 51.4 Å². The molecule has 0 bridgehead atoms. The summed E-state index contributed by atoms with van der Waals surface area (Å²) in [4.78, 5) is 12.7. The van der Waals surface area contributed by atoms with E-state index in [0.717, 1.165) is 70.8 Å². The molecule has 3 saturated heterocycles. The number of ketones is 1. The molecule has 6 heteroatoms. The molecule has 26 heavy (non-hydrogen) atoms. The third-order valence-corrected chi connectivity index (χ3v) is 7.98. The van der Waals surface area contributed by atoms with Crippen molar-refractivity contribution >= 4 is 5.78 Å². The van der Waals surface area contributed by atoms with E-state index >= 15 is 0 Å². The van der Waals surface area contributed by atoms with Crippen molar-refractivity contribution in [3.63, 3.8) is 0 Å². The molecule has 146 valence electrons. The minimum atomic E-state index is -0.464. The van der Waals surface area contributed by atoms with E-state index < -0.39 is 16.9 Å². The van der Waals surface area contributed by atoms with E-state index in [1.54, 1.807) is 5.06 Å². The Morgan fingerprint density at radius 1 is 0.731 bits per heavy atom. The monoisotopic (exact) mass is 365 g/mol. The highest BCUT2D eigenvalue weighted by Crippen LogP contribution is 2.54. The maximum Gasteiger partial charge on any atom is 0.168 e. The Balaban J connectivity index is 1.35. The van der Waals surface area contributed by atoms with Gasteiger partial charge in [-0.25, -0.2) is 0 Å². The largest absolute Gasteiger partial charge is 0.375 e. The predicted octanol–water partition coefficient (Wildman–Crippen LogP) is 2.96. The zero-order valence-corrected chi connectivity index (χ0v) is 15.6. The second kappa shape index (κ2) is 5.98. The molecular formula is C20H31NO5. The molecule has 0 aromatic carbocycles. The SMILES string of the molecule is O=C1CC2(CCC3(CCCO3)CC2)N(O)C2(CCC3(CC2)OCCO3)C1. The van der Waals surface area contributed by atoms with Gasteiger partial charge in [0, 0.05) is 32.3 Å². The molecule has 0 atom stereocenters. The molecule has 5 fully saturated rings. The number of Topliss-reactive ketones (excluding diaryl/α,β-unsaturated/α-hetero) is 1. The molecule has 1 N–H and O–H groups in total. The lowest BCUT2D eigenvalue weighted by molar-refractivity contribution is -0.293. The van der Waals surface area contributed by atoms with Crippen molar-refractivity contribution in [3.8, 4) is 0 Å². The number of nitrogens with zero attached hydrogens (tertiary/aromatic N) is 1. The molecule has 0 unspecified atom stereocenters. The van der Waals surface area contributed by atoms with Crippen molar-refractivity contribution in [2.24, 2.45) is 0 Å². The highest BCUT2D eigenvalue weighted by molar-refractivity contribution is 5.82. The molecule has 2 aliphatic carbocycles. The van der Waals surface area contributed by atoms with Crippen molar-refractivity contribution in [1.82, 2.24) is 5.06 Å². The fourth-order valence-corrected chi connectivity index (χ4v) is 6.43. The number of carbonyl (C=O) groups excluding carboxylic acids is 1. The molecule has 5 aliphatic rings. The number of hydroxylamine groups is 2. The van der Waals surface area contributed by atoms with E-state index in [1.807, 2.05) is 0 Å². The molecule has 2 saturated carbocycles. The van der Waals surface area contributed by atoms with E-state index in [1.165, 1.54) is 0 Å². The van der Waals surface area contributed by atoms with E-state index in [2.05, 4.69) is 0 Å². The number of hydrogen-bond donors (Lipinski definition) is 1. The minimum absolute atomic E-state index is 0.0158. The molecule has 0 aromatic rings. The Labute approximate surface area is 155 Å². The van der Waals surface area contributed by atoms with Gasteiger partial charge < -0.3 is 19.4 Å². The van der Waals surface area contributed by atoms with Gasteiger partial charge in [-0.1, -0.05) is 0 Å². The molecule has 0 radical (unpaired) electrons. The average Bonchev–Trinajstić information content (AvgIpc) is 3.29. The minimum Gasteiger partial charge on any atom is -0.375 e. The lowest BCUT2D eigenvalue weighted by Gasteiger charge is -2.59. The average molecular weight is 365 g/mol. The third kappa shape index (κ3) is 2.60. The summed E-state index contributed by atoms with van der Waals surface area (Å²) in [5.74, 6) is -0.156. The van der Waals surface area contributed by atoms with Crippen LogP contribution >= 0.6 is 0 Å². The van der Waals surface area contributed by atoms with Gasteiger partial charge in [-0.3, -0.25) is 4.79 Å². The normalized spacial score (nSPS) is 38.7. The van der Waals surface area contributed by atoms with Crippen molar-refractivity contribution in [3.05, 3.63) is 0 Å². The number of rotatable bonds is 0. The Morgan fingerprint density at radius 2 is 1.31 bits per heavy atom. The van der Waals surface area contributed by atoms with Crippen LogP contribution < -0.4 is 0 Å². The van der Waals surface area contributed by atoms with Crippen LogP contribution in [0.25, 0.3) is 0 Å². The van der Waals surface area contributed by atoms with Crippen LogP contribution in [-0.4, -0.2) is 58.3 Å². The first-order valence-corrected chi connectivity index (χ1v) is 10.4. The summed E-state index contributed by atoms with van der Waals surface area (Å²) in [6.45, 7) is 2.17. The Kier molecular flexibility index (Phi) is 4.04. The summed E-state index contributed by atoms with van der Waals surface area (Å²) < 4.78 is 17.8. The fraction of sp³-hybridized carbons (Fsp3) is 0.950. The van der Waals surface area contributed by atoms with Crippen LogP contribution in [0.5, 0.6) is 0 Å². The van der Waals surface area contributed by atoms with Crippen LogP contribution in [0.3, 0.4) is 0 Å². The maximum absolute atomic E-state index is 12.7. The molecule has 5 rings (SSSR count). The van der Waals surface area contributed by atoms with Crippen molar-refractivity contribution in [2.75, 3.05) is 19.8 Å². The number of hydrogen-bond acceptors (Lipinski definition) is 6. The van der Waals surface area contributed by atoms with Gasteiger partial charge in [0.25, 0.3) is 0 Å². The molecule has 0 amide bonds. The van der Waals surface area contributed by atoms with Gasteiger partial charge in [-0.15, -0.1) is 0 Å². The van der Waals surface area contributed by atoms with Crippen LogP contribution in [0.1, 0.15) is 77.0 Å². The van der Waals surface area contributed by atoms with E-state index in [-0.39, 0.29) is 5.60 Å². The second-order valence-corrected chi connectivity index (χ2v) is 9.40. The highest BCUT2D eigenvalue weighted by atomic mass is 16.7. The Bertz CT molecular complexity index is 511. The van der Waals surface area contributed by atoms with Gasteiger partial charge >= 0.3 is 0 Å². The fourth-order valence-electron chi connectivity index (χ4n) is 6.43. The smallest absolute Gasteiger partial charge is 0.168 e. The first-order chi connectivity index (χ1) is 12.5. The number of piperidine rings is 1. The lowest BCUT2D eigenvalue weighted by Crippen LogP contribution is -2.67. The summed E-state index contributed by atoms with van der Waals surface area (Å²) in [5.41, 5.74) is -0.812. The predicted molar refractivity (Wildman–Crippen MR) is 92.8 cm³/mol. The summed E-state index contributed by atoms with van der Waals surface area (Å²) in [5, 5.41) is 13.0. The van der Waals surface area contributed by atoms with Crippen molar-refractivity contribution < 1.29 is 24.2 Å². The van der Waals surface area contributed by atoms with Gasteiger partial charge in [-0.2, -0.15) is 5.06 Å². The first-order valence-electron chi connectivity index (χ1n) is 10.4. The van der Waals surface area contributed by atoms with E-state index in [9.17, 15) is 10.0 Å². The summed E-state index contributed by atoms with van der Waals surface area (Å²) in [7, 11) is 0. The highest BCUT2D eigenvalue weighted by Gasteiger charge is 2.59. The Hall–Kier alpha value is -0.530. The number of carbonyl (C=O) groups is 1. The van der Waals surface area contributed by atoms with Crippen LogP contribution in [0.4, 0.5) is 0 Å². The van der Waals surface area contributed by atoms with Crippen LogP contribution in [-0.2, 0) is 19.0 Å². The lowest BCUT2D eigenvalue weighted by atomic mass is 9.63. The zero-order chi connectivity index (χ0) is 17.9. The molecule has 3 heterocycles. The maximum atomic E-state index is 12.7. The van der Waals surface area contributed by atoms with Gasteiger partial charge in [0.15, 0.2) is 5.79 Å². The third-order valence-electron chi connectivity index (χ3n) is 7.98. The van der Waals surface area contributed by atoms with E-state index in [4.69, 9.17) is 14.2 Å². The Morgan fingerprint density at radius 3 is 1.85 bits per heavy atom. The first kappa shape index (κ1) is 17.6. The molecular weight excluding hydrogens is 334 g/mol. The molecule has 4 spiro atoms. The summed E-state index contributed by atoms with van der Waals surface area (Å²) >= 11 is 0. The zero-order valence-electron chi connectivity index (χ0n) is 15.6. The van der Waals surface area contributed by atoms with Crippen molar-refractivity contribution in [2.45, 2.75) is 99.5 Å². The van der Waals surface area contributed by atoms with Gasteiger partial charge in [0.05, 0.1) is 29.9 Å². The standard InChI is InChI=1S/C20H31NO5/c22-16-14-17(3-7-19(8-4-17)2-1-11-24-19)21(23)18(15-16)5-9-20(10-6-18)25-12-13-26-20/h23H,1-15H2. The number of ether oxygens (including phenoxy) is 3. The van der Waals surface area contributed by atoms with Crippen molar-refractivity contribution in [1.29, 1.82) is 0 Å².